The molecule has 2 nitrogen and oxygen atoms in total. The van der Waals surface area contributed by atoms with Crippen LogP contribution in [0.15, 0.2) is 0 Å². The molecule has 0 aliphatic heterocycles. The van der Waals surface area contributed by atoms with Crippen molar-refractivity contribution in [2.24, 2.45) is 10.8 Å². The van der Waals surface area contributed by atoms with Gasteiger partial charge < -0.3 is 0 Å². The van der Waals surface area contributed by atoms with Crippen LogP contribution in [-0.4, -0.2) is 0 Å². The number of hydrogen-bond donors (Lipinski definition) is 0. The summed E-state index contributed by atoms with van der Waals surface area (Å²) < 4.78 is 15.0. The third-order valence-electron chi connectivity index (χ3n) is 4.33. The van der Waals surface area contributed by atoms with Crippen LogP contribution in [0.4, 0.5) is 0 Å². The Bertz CT molecular complexity index is 274. The van der Waals surface area contributed by atoms with Crippen LogP contribution < -0.4 is 0 Å². The molecule has 0 N–H and O–H groups in total. The summed E-state index contributed by atoms with van der Waals surface area (Å²) in [7, 11) is 0. The molecule has 0 aromatic carbocycles. The fourth-order valence-electron chi connectivity index (χ4n) is 2.30. The van der Waals surface area contributed by atoms with E-state index in [-0.39, 0.29) is 32.5 Å². The summed E-state index contributed by atoms with van der Waals surface area (Å²) in [5, 5.41) is 0. The van der Waals surface area contributed by atoms with Crippen LogP contribution in [0.1, 0.15) is 27.7 Å². The van der Waals surface area contributed by atoms with Crippen molar-refractivity contribution in [1.29, 1.82) is 0 Å². The average molecular weight is 316 g/mol. The zero-order chi connectivity index (χ0) is 15.8. The number of hydrogen-bond acceptors (Lipinski definition) is 0. The van der Waals surface area contributed by atoms with E-state index >= 15 is 0 Å². The molecular formula is C18H20O2Ti. The largest absolute Gasteiger partial charge is 0 e. The summed E-state index contributed by atoms with van der Waals surface area (Å²) in [4.78, 5) is 0. The fourth-order valence-corrected chi connectivity index (χ4v) is 2.30. The number of rotatable bonds is 3. The summed E-state index contributed by atoms with van der Waals surface area (Å²) in [6, 6.07) is 0. The standard InChI is InChI=1S/C16H20.2CO.Ti/c1-15(2,13-9-5-6-10-13)16(3,4)14-11-7-8-12-14;2*1-2;/h5-12H,1-4H3;;;. The molecule has 0 aromatic heterocycles. The summed E-state index contributed by atoms with van der Waals surface area (Å²) >= 11 is 0. The van der Waals surface area contributed by atoms with E-state index in [4.69, 9.17) is 9.30 Å². The minimum atomic E-state index is 0. The molecule has 0 amide bonds. The van der Waals surface area contributed by atoms with Gasteiger partial charge in [-0.1, -0.05) is 27.7 Å². The van der Waals surface area contributed by atoms with Gasteiger partial charge >= 0.3 is 22.6 Å². The molecule has 2 saturated carbocycles. The van der Waals surface area contributed by atoms with Crippen LogP contribution in [0.3, 0.4) is 0 Å². The Labute approximate surface area is 146 Å². The fraction of sp³-hybridized carbons (Fsp3) is 0.333. The normalized spacial score (nSPS) is 19.6. The van der Waals surface area contributed by atoms with Gasteiger partial charge in [-0.15, -0.1) is 0 Å². The summed E-state index contributed by atoms with van der Waals surface area (Å²) in [6.07, 6.45) is 17.4. The Morgan fingerprint density at radius 3 is 1.00 bits per heavy atom. The van der Waals surface area contributed by atoms with Crippen LogP contribution in [0.25, 0.3) is 0 Å². The molecule has 3 heteroatoms. The van der Waals surface area contributed by atoms with Crippen molar-refractivity contribution in [3.8, 4) is 0 Å². The molecular weight excluding hydrogens is 296 g/mol. The van der Waals surface area contributed by atoms with Gasteiger partial charge in [0.25, 0.3) is 0 Å². The molecule has 2 fully saturated rings. The van der Waals surface area contributed by atoms with E-state index in [0.29, 0.717) is 0 Å². The Kier molecular flexibility index (Phi) is 12.1. The molecule has 0 spiro atoms. The Hall–Kier alpha value is 0.194. The van der Waals surface area contributed by atoms with Crippen molar-refractivity contribution in [3.63, 3.8) is 0 Å². The van der Waals surface area contributed by atoms with Gasteiger partial charge in [0.15, 0.2) is 0 Å². The van der Waals surface area contributed by atoms with E-state index < -0.39 is 0 Å². The third kappa shape index (κ3) is 5.40. The minimum absolute atomic E-state index is 0. The molecule has 10 radical (unpaired) electrons. The van der Waals surface area contributed by atoms with E-state index in [2.05, 4.69) is 92.4 Å². The molecule has 2 rings (SSSR count). The van der Waals surface area contributed by atoms with Gasteiger partial charge in [-0.05, 0) is 74.0 Å². The summed E-state index contributed by atoms with van der Waals surface area (Å²) in [6.45, 7) is 18.3. The van der Waals surface area contributed by atoms with Crippen molar-refractivity contribution in [3.05, 3.63) is 76.5 Å². The van der Waals surface area contributed by atoms with Crippen LogP contribution in [-0.2, 0) is 31.0 Å². The van der Waals surface area contributed by atoms with Gasteiger partial charge in [0.05, 0.1) is 0 Å². The second-order valence-electron chi connectivity index (χ2n) is 5.60. The quantitative estimate of drug-likeness (QED) is 0.432. The third-order valence-corrected chi connectivity index (χ3v) is 4.33. The van der Waals surface area contributed by atoms with E-state index in [0.717, 1.165) is 0 Å². The zero-order valence-electron chi connectivity index (χ0n) is 12.9. The van der Waals surface area contributed by atoms with E-state index in [1.165, 1.54) is 11.8 Å². The van der Waals surface area contributed by atoms with E-state index in [1.54, 1.807) is 0 Å². The topological polar surface area (TPSA) is 39.8 Å². The molecule has 0 heterocycles. The second-order valence-corrected chi connectivity index (χ2v) is 5.60. The van der Waals surface area contributed by atoms with Crippen LogP contribution >= 0.6 is 0 Å². The minimum Gasteiger partial charge on any atom is 0 e. The van der Waals surface area contributed by atoms with Gasteiger partial charge in [-0.25, -0.2) is 0 Å². The van der Waals surface area contributed by atoms with Gasteiger partial charge in [-0.3, -0.25) is 0 Å². The molecule has 2 aliphatic rings. The van der Waals surface area contributed by atoms with Crippen LogP contribution in [0.5, 0.6) is 0 Å². The Balaban J connectivity index is 0. The summed E-state index contributed by atoms with van der Waals surface area (Å²) in [5.41, 5.74) is 0.287. The van der Waals surface area contributed by atoms with Gasteiger partial charge in [0.1, 0.15) is 0 Å². The smallest absolute Gasteiger partial charge is 0 e. The van der Waals surface area contributed by atoms with Crippen LogP contribution in [0, 0.1) is 87.3 Å². The molecule has 0 unspecified atom stereocenters. The predicted octanol–water partition coefficient (Wildman–Crippen LogP) is 3.77. The molecule has 0 bridgehead atoms. The van der Waals surface area contributed by atoms with Gasteiger partial charge in [0, 0.05) is 21.7 Å². The maximum atomic E-state index is 7.50. The van der Waals surface area contributed by atoms with Crippen LogP contribution in [0.2, 0.25) is 0 Å². The predicted molar refractivity (Wildman–Crippen MR) is 76.3 cm³/mol. The van der Waals surface area contributed by atoms with Crippen molar-refractivity contribution < 1.29 is 31.0 Å². The van der Waals surface area contributed by atoms with Crippen molar-refractivity contribution in [2.45, 2.75) is 27.7 Å². The molecule has 108 valence electrons. The first kappa shape index (κ1) is 23.5. The molecule has 21 heavy (non-hydrogen) atoms. The van der Waals surface area contributed by atoms with Gasteiger partial charge in [-0.2, -0.15) is 0 Å². The van der Waals surface area contributed by atoms with E-state index in [9.17, 15) is 0 Å². The zero-order valence-corrected chi connectivity index (χ0v) is 14.5. The second kappa shape index (κ2) is 10.8. The molecule has 2 aliphatic carbocycles. The molecule has 0 aromatic rings. The summed E-state index contributed by atoms with van der Waals surface area (Å²) in [5.74, 6) is 2.83. The maximum Gasteiger partial charge on any atom is 0 e. The SMILES string of the molecule is CC(C)([C]1[CH][CH][CH][CH]1)C(C)(C)[C]1[CH][CH][CH][CH]1.[C-]#[O+].[C-]#[O+].[Ti]. The van der Waals surface area contributed by atoms with Crippen molar-refractivity contribution in [1.82, 2.24) is 0 Å². The van der Waals surface area contributed by atoms with Gasteiger partial charge in [0.2, 0.25) is 0 Å². The van der Waals surface area contributed by atoms with E-state index in [1.807, 2.05) is 0 Å². The Morgan fingerprint density at radius 2 is 0.810 bits per heavy atom. The van der Waals surface area contributed by atoms with Crippen molar-refractivity contribution >= 4 is 0 Å². The Morgan fingerprint density at radius 1 is 0.619 bits per heavy atom. The molecule has 0 saturated heterocycles. The first-order chi connectivity index (χ1) is 9.46. The average Bonchev–Trinajstić information content (AvgIpc) is 3.16. The first-order valence-corrected chi connectivity index (χ1v) is 6.31. The molecule has 0 atom stereocenters. The van der Waals surface area contributed by atoms with Crippen molar-refractivity contribution in [2.75, 3.05) is 0 Å². The monoisotopic (exact) mass is 316 g/mol. The first-order valence-electron chi connectivity index (χ1n) is 6.31. The maximum absolute atomic E-state index is 7.50.